The van der Waals surface area contributed by atoms with Crippen LogP contribution in [0.5, 0.6) is 0 Å². The molecule has 0 aliphatic carbocycles. The number of carbonyl (C=O) groups excluding carboxylic acids is 1. The van der Waals surface area contributed by atoms with Crippen molar-refractivity contribution in [3.8, 4) is 0 Å². The first-order valence-corrected chi connectivity index (χ1v) is 8.47. The Morgan fingerprint density at radius 3 is 2.92 bits per heavy atom. The van der Waals surface area contributed by atoms with E-state index in [1.54, 1.807) is 10.9 Å². The van der Waals surface area contributed by atoms with Gasteiger partial charge in [-0.25, -0.2) is 0 Å². The van der Waals surface area contributed by atoms with E-state index in [1.807, 2.05) is 31.1 Å². The van der Waals surface area contributed by atoms with E-state index < -0.39 is 0 Å². The zero-order chi connectivity index (χ0) is 16.7. The van der Waals surface area contributed by atoms with Crippen molar-refractivity contribution in [2.24, 2.45) is 12.5 Å². The lowest BCUT2D eigenvalue weighted by molar-refractivity contribution is -0.117. The third-order valence-electron chi connectivity index (χ3n) is 5.17. The molecular weight excluding hydrogens is 302 g/mol. The van der Waals surface area contributed by atoms with Gasteiger partial charge in [-0.05, 0) is 32.0 Å². The summed E-state index contributed by atoms with van der Waals surface area (Å²) in [6, 6.07) is 6.17. The number of anilines is 1. The molecule has 0 radical (unpaired) electrons. The molecule has 2 aromatic rings. The Morgan fingerprint density at radius 1 is 1.29 bits per heavy atom. The summed E-state index contributed by atoms with van der Waals surface area (Å²) in [5, 5.41) is 4.19. The van der Waals surface area contributed by atoms with E-state index in [1.165, 1.54) is 0 Å². The summed E-state index contributed by atoms with van der Waals surface area (Å²) in [4.78, 5) is 21.5. The highest BCUT2D eigenvalue weighted by Gasteiger charge is 2.47. The van der Waals surface area contributed by atoms with E-state index in [-0.39, 0.29) is 11.3 Å². The van der Waals surface area contributed by atoms with Gasteiger partial charge in [-0.3, -0.25) is 19.4 Å². The predicted octanol–water partition coefficient (Wildman–Crippen LogP) is 1.75. The summed E-state index contributed by atoms with van der Waals surface area (Å²) in [7, 11) is 1.88. The quantitative estimate of drug-likeness (QED) is 0.863. The van der Waals surface area contributed by atoms with Crippen LogP contribution in [-0.2, 0) is 18.4 Å². The predicted molar refractivity (Wildman–Crippen MR) is 91.5 cm³/mol. The molecule has 1 spiro atoms. The molecule has 2 fully saturated rings. The van der Waals surface area contributed by atoms with Gasteiger partial charge in [0.25, 0.3) is 0 Å². The molecule has 0 saturated carbocycles. The van der Waals surface area contributed by atoms with Gasteiger partial charge in [-0.15, -0.1) is 0 Å². The standard InChI is InChI=1S/C18H23N5O/c1-14-4-3-5-15(20-14)10-22-7-6-18(12-22)8-17(24)23(13-18)16-9-19-21(2)11-16/h3-5,9,11H,6-8,10,12-13H2,1-2H3/t18-/m0/s1. The number of carbonyl (C=O) groups is 1. The minimum absolute atomic E-state index is 0.0801. The number of likely N-dealkylation sites (tertiary alicyclic amines) is 1. The van der Waals surface area contributed by atoms with Crippen molar-refractivity contribution in [1.82, 2.24) is 19.7 Å². The molecule has 1 amide bonds. The smallest absolute Gasteiger partial charge is 0.227 e. The van der Waals surface area contributed by atoms with E-state index in [4.69, 9.17) is 0 Å². The monoisotopic (exact) mass is 325 g/mol. The molecule has 4 rings (SSSR count). The largest absolute Gasteiger partial charge is 0.309 e. The topological polar surface area (TPSA) is 54.3 Å². The Morgan fingerprint density at radius 2 is 2.17 bits per heavy atom. The molecule has 2 aromatic heterocycles. The van der Waals surface area contributed by atoms with Gasteiger partial charge in [0, 0.05) is 50.4 Å². The molecule has 6 nitrogen and oxygen atoms in total. The average molecular weight is 325 g/mol. The second-order valence-corrected chi connectivity index (χ2v) is 7.26. The number of hydrogen-bond donors (Lipinski definition) is 0. The van der Waals surface area contributed by atoms with Crippen LogP contribution in [0.25, 0.3) is 0 Å². The van der Waals surface area contributed by atoms with E-state index in [9.17, 15) is 4.79 Å². The fourth-order valence-electron chi connectivity index (χ4n) is 4.03. The van der Waals surface area contributed by atoms with Gasteiger partial charge in [-0.1, -0.05) is 6.07 Å². The maximum Gasteiger partial charge on any atom is 0.227 e. The first kappa shape index (κ1) is 15.3. The summed E-state index contributed by atoms with van der Waals surface area (Å²) in [5.74, 6) is 0.221. The lowest BCUT2D eigenvalue weighted by atomic mass is 9.86. The van der Waals surface area contributed by atoms with Crippen molar-refractivity contribution in [3.05, 3.63) is 42.0 Å². The van der Waals surface area contributed by atoms with Gasteiger partial charge in [0.1, 0.15) is 0 Å². The second-order valence-electron chi connectivity index (χ2n) is 7.26. The molecule has 4 heterocycles. The minimum atomic E-state index is 0.0801. The van der Waals surface area contributed by atoms with Crippen LogP contribution >= 0.6 is 0 Å². The van der Waals surface area contributed by atoms with E-state index in [0.29, 0.717) is 6.42 Å². The highest BCUT2D eigenvalue weighted by Crippen LogP contribution is 2.42. The van der Waals surface area contributed by atoms with Gasteiger partial charge >= 0.3 is 0 Å². The Balaban J connectivity index is 1.45. The van der Waals surface area contributed by atoms with Crippen LogP contribution in [0.3, 0.4) is 0 Å². The summed E-state index contributed by atoms with van der Waals surface area (Å²) < 4.78 is 1.75. The number of aryl methyl sites for hydroxylation is 2. The molecule has 0 aromatic carbocycles. The van der Waals surface area contributed by atoms with Gasteiger partial charge in [0.05, 0.1) is 17.6 Å². The summed E-state index contributed by atoms with van der Waals surface area (Å²) in [5.41, 5.74) is 3.16. The molecule has 0 N–H and O–H groups in total. The van der Waals surface area contributed by atoms with E-state index >= 15 is 0 Å². The lowest BCUT2D eigenvalue weighted by Gasteiger charge is -2.23. The molecule has 0 bridgehead atoms. The molecule has 6 heteroatoms. The van der Waals surface area contributed by atoms with Crippen LogP contribution in [0.15, 0.2) is 30.6 Å². The van der Waals surface area contributed by atoms with Crippen LogP contribution in [0.4, 0.5) is 5.69 Å². The number of hydrogen-bond acceptors (Lipinski definition) is 4. The highest BCUT2D eigenvalue weighted by atomic mass is 16.2. The zero-order valence-corrected chi connectivity index (χ0v) is 14.3. The molecule has 2 saturated heterocycles. The third kappa shape index (κ3) is 2.82. The van der Waals surface area contributed by atoms with E-state index in [0.717, 1.165) is 49.7 Å². The molecule has 0 unspecified atom stereocenters. The van der Waals surface area contributed by atoms with Crippen LogP contribution in [0, 0.1) is 12.3 Å². The Bertz CT molecular complexity index is 770. The van der Waals surface area contributed by atoms with Crippen molar-refractivity contribution in [1.29, 1.82) is 0 Å². The van der Waals surface area contributed by atoms with Gasteiger partial charge in [0.2, 0.25) is 5.91 Å². The van der Waals surface area contributed by atoms with Gasteiger partial charge in [0.15, 0.2) is 0 Å². The average Bonchev–Trinajstić information content (AvgIpc) is 3.20. The van der Waals surface area contributed by atoms with Crippen LogP contribution in [-0.4, -0.2) is 45.2 Å². The first-order valence-electron chi connectivity index (χ1n) is 8.47. The molecule has 126 valence electrons. The highest BCUT2D eigenvalue weighted by molar-refractivity contribution is 5.96. The lowest BCUT2D eigenvalue weighted by Crippen LogP contribution is -2.31. The third-order valence-corrected chi connectivity index (χ3v) is 5.17. The fourth-order valence-corrected chi connectivity index (χ4v) is 4.03. The molecule has 2 aliphatic heterocycles. The SMILES string of the molecule is Cc1cccc(CN2CC[C@]3(CC(=O)N(c4cnn(C)c4)C3)C2)n1. The van der Waals surface area contributed by atoms with Gasteiger partial charge in [-0.2, -0.15) is 5.10 Å². The number of rotatable bonds is 3. The molecule has 2 aliphatic rings. The fraction of sp³-hybridized carbons (Fsp3) is 0.500. The van der Waals surface area contributed by atoms with Crippen molar-refractivity contribution >= 4 is 11.6 Å². The maximum absolute atomic E-state index is 12.5. The maximum atomic E-state index is 12.5. The minimum Gasteiger partial charge on any atom is -0.309 e. The Kier molecular flexibility index (Phi) is 3.64. The Hall–Kier alpha value is -2.21. The molecular formula is C18H23N5O. The summed E-state index contributed by atoms with van der Waals surface area (Å²) in [6.45, 7) is 5.69. The molecule has 1 atom stereocenters. The van der Waals surface area contributed by atoms with Crippen molar-refractivity contribution in [2.75, 3.05) is 24.5 Å². The molecule has 24 heavy (non-hydrogen) atoms. The van der Waals surface area contributed by atoms with E-state index in [2.05, 4.69) is 27.1 Å². The van der Waals surface area contributed by atoms with Crippen molar-refractivity contribution < 1.29 is 4.79 Å². The number of aromatic nitrogens is 3. The second kappa shape index (κ2) is 5.70. The zero-order valence-electron chi connectivity index (χ0n) is 14.3. The van der Waals surface area contributed by atoms with Crippen LogP contribution < -0.4 is 4.90 Å². The summed E-state index contributed by atoms with van der Waals surface area (Å²) >= 11 is 0. The first-order chi connectivity index (χ1) is 11.5. The van der Waals surface area contributed by atoms with Crippen LogP contribution in [0.1, 0.15) is 24.2 Å². The summed E-state index contributed by atoms with van der Waals surface area (Å²) in [6.07, 6.45) is 5.40. The Labute approximate surface area is 142 Å². The normalized spacial score (nSPS) is 24.4. The van der Waals surface area contributed by atoms with Crippen molar-refractivity contribution in [3.63, 3.8) is 0 Å². The number of amides is 1. The van der Waals surface area contributed by atoms with Gasteiger partial charge < -0.3 is 4.90 Å². The number of pyridine rings is 1. The number of nitrogens with zero attached hydrogens (tertiary/aromatic N) is 5. The van der Waals surface area contributed by atoms with Crippen molar-refractivity contribution in [2.45, 2.75) is 26.3 Å². The van der Waals surface area contributed by atoms with Crippen LogP contribution in [0.2, 0.25) is 0 Å².